The molecule has 1 unspecified atom stereocenters. The van der Waals surface area contributed by atoms with Gasteiger partial charge in [-0.2, -0.15) is 0 Å². The molecule has 2 aromatic carbocycles. The highest BCUT2D eigenvalue weighted by Gasteiger charge is 2.17. The van der Waals surface area contributed by atoms with Crippen LogP contribution in [0.4, 0.5) is 0 Å². The lowest BCUT2D eigenvalue weighted by atomic mass is 10.1. The van der Waals surface area contributed by atoms with E-state index >= 15 is 0 Å². The van der Waals surface area contributed by atoms with Gasteiger partial charge in [-0.15, -0.1) is 24.0 Å². The van der Waals surface area contributed by atoms with Crippen molar-refractivity contribution in [3.63, 3.8) is 0 Å². The maximum absolute atomic E-state index is 6.12. The standard InChI is InChI=1S/C23H34N4O2.HI/c1-5-27(6-2)20(19-10-8-7-9-11-19)17-26-23(24)25-15-14-18-12-13-21(28-3)22(16-18)29-4;/h7-13,16,20H,5-6,14-15,17H2,1-4H3,(H3,24,25,26);1H. The van der Waals surface area contributed by atoms with Gasteiger partial charge in [-0.3, -0.25) is 9.89 Å². The van der Waals surface area contributed by atoms with Crippen LogP contribution in [-0.2, 0) is 6.42 Å². The molecule has 0 aliphatic carbocycles. The molecule has 1 atom stereocenters. The molecule has 0 aromatic heterocycles. The molecule has 0 aliphatic rings. The number of methoxy groups -OCH3 is 2. The van der Waals surface area contributed by atoms with Gasteiger partial charge in [-0.1, -0.05) is 50.2 Å². The van der Waals surface area contributed by atoms with Crippen LogP contribution < -0.4 is 20.5 Å². The van der Waals surface area contributed by atoms with E-state index in [2.05, 4.69) is 53.3 Å². The molecule has 0 fully saturated rings. The van der Waals surface area contributed by atoms with Crippen molar-refractivity contribution in [2.75, 3.05) is 40.4 Å². The third kappa shape index (κ3) is 7.68. The fraction of sp³-hybridized carbons (Fsp3) is 0.435. The summed E-state index contributed by atoms with van der Waals surface area (Å²) < 4.78 is 10.6. The molecule has 3 N–H and O–H groups in total. The molecular weight excluding hydrogens is 491 g/mol. The lowest BCUT2D eigenvalue weighted by Crippen LogP contribution is -2.35. The SMILES string of the molecule is CCN(CC)C(CN=C(N)NCCc1ccc(OC)c(OC)c1)c1ccccc1.I. The average molecular weight is 526 g/mol. The molecule has 0 saturated carbocycles. The minimum atomic E-state index is 0. The number of ether oxygens (including phenoxy) is 2. The molecule has 0 bridgehead atoms. The van der Waals surface area contributed by atoms with Crippen LogP contribution in [0.5, 0.6) is 11.5 Å². The molecule has 2 rings (SSSR count). The van der Waals surface area contributed by atoms with Gasteiger partial charge in [0.05, 0.1) is 26.8 Å². The molecule has 0 heterocycles. The van der Waals surface area contributed by atoms with Crippen molar-refractivity contribution < 1.29 is 9.47 Å². The average Bonchev–Trinajstić information content (AvgIpc) is 2.77. The van der Waals surface area contributed by atoms with Crippen molar-refractivity contribution in [2.45, 2.75) is 26.3 Å². The zero-order valence-electron chi connectivity index (χ0n) is 18.4. The Bertz CT molecular complexity index is 767. The van der Waals surface area contributed by atoms with Crippen LogP contribution >= 0.6 is 24.0 Å². The van der Waals surface area contributed by atoms with E-state index in [1.54, 1.807) is 14.2 Å². The molecule has 2 aromatic rings. The Morgan fingerprint density at radius 2 is 1.70 bits per heavy atom. The number of aliphatic imine (C=N–C) groups is 1. The number of guanidine groups is 1. The van der Waals surface area contributed by atoms with Gasteiger partial charge < -0.3 is 20.5 Å². The van der Waals surface area contributed by atoms with E-state index in [0.717, 1.165) is 36.6 Å². The molecule has 0 amide bonds. The van der Waals surface area contributed by atoms with Crippen LogP contribution in [-0.4, -0.2) is 51.3 Å². The van der Waals surface area contributed by atoms with Crippen molar-refractivity contribution in [3.8, 4) is 11.5 Å². The molecule has 30 heavy (non-hydrogen) atoms. The third-order valence-corrected chi connectivity index (χ3v) is 5.04. The molecule has 166 valence electrons. The highest BCUT2D eigenvalue weighted by atomic mass is 127. The summed E-state index contributed by atoms with van der Waals surface area (Å²) in [5.74, 6) is 1.93. The Kier molecular flexibility index (Phi) is 12.2. The Hall–Kier alpha value is -2.00. The van der Waals surface area contributed by atoms with Gasteiger partial charge in [0.25, 0.3) is 0 Å². The molecular formula is C23H35IN4O2. The van der Waals surface area contributed by atoms with Crippen molar-refractivity contribution in [1.82, 2.24) is 10.2 Å². The van der Waals surface area contributed by atoms with Crippen LogP contribution in [0, 0.1) is 0 Å². The minimum absolute atomic E-state index is 0. The summed E-state index contributed by atoms with van der Waals surface area (Å²) in [5, 5.41) is 3.22. The summed E-state index contributed by atoms with van der Waals surface area (Å²) in [6.45, 7) is 7.62. The highest BCUT2D eigenvalue weighted by Crippen LogP contribution is 2.27. The lowest BCUT2D eigenvalue weighted by Gasteiger charge is -2.29. The van der Waals surface area contributed by atoms with E-state index in [4.69, 9.17) is 15.2 Å². The van der Waals surface area contributed by atoms with Gasteiger partial charge in [0, 0.05) is 6.54 Å². The number of halogens is 1. The predicted molar refractivity (Wildman–Crippen MR) is 135 cm³/mol. The van der Waals surface area contributed by atoms with Crippen molar-refractivity contribution in [1.29, 1.82) is 0 Å². The topological polar surface area (TPSA) is 72.1 Å². The minimum Gasteiger partial charge on any atom is -0.493 e. The maximum Gasteiger partial charge on any atom is 0.188 e. The molecule has 6 nitrogen and oxygen atoms in total. The molecule has 0 aliphatic heterocycles. The number of nitrogens with zero attached hydrogens (tertiary/aromatic N) is 2. The molecule has 0 radical (unpaired) electrons. The zero-order valence-corrected chi connectivity index (χ0v) is 20.8. The Labute approximate surface area is 197 Å². The van der Waals surface area contributed by atoms with Gasteiger partial charge in [0.15, 0.2) is 17.5 Å². The number of rotatable bonds is 11. The summed E-state index contributed by atoms with van der Waals surface area (Å²) in [7, 11) is 3.28. The van der Waals surface area contributed by atoms with Crippen molar-refractivity contribution in [2.24, 2.45) is 10.7 Å². The summed E-state index contributed by atoms with van der Waals surface area (Å²) in [4.78, 5) is 7.01. The monoisotopic (exact) mass is 526 g/mol. The van der Waals surface area contributed by atoms with E-state index in [0.29, 0.717) is 19.0 Å². The summed E-state index contributed by atoms with van der Waals surface area (Å²) in [6.07, 6.45) is 0.814. The van der Waals surface area contributed by atoms with E-state index in [1.165, 1.54) is 5.56 Å². The summed E-state index contributed by atoms with van der Waals surface area (Å²) in [5.41, 5.74) is 8.53. The predicted octanol–water partition coefficient (Wildman–Crippen LogP) is 3.85. The summed E-state index contributed by atoms with van der Waals surface area (Å²) >= 11 is 0. The molecule has 7 heteroatoms. The van der Waals surface area contributed by atoms with E-state index in [1.807, 2.05) is 24.3 Å². The van der Waals surface area contributed by atoms with Crippen LogP contribution in [0.2, 0.25) is 0 Å². The van der Waals surface area contributed by atoms with E-state index in [9.17, 15) is 0 Å². The Morgan fingerprint density at radius 3 is 2.30 bits per heavy atom. The summed E-state index contributed by atoms with van der Waals surface area (Å²) in [6, 6.07) is 16.6. The van der Waals surface area contributed by atoms with Gasteiger partial charge in [0.2, 0.25) is 0 Å². The van der Waals surface area contributed by atoms with Crippen LogP contribution in [0.15, 0.2) is 53.5 Å². The number of likely N-dealkylation sites (N-methyl/N-ethyl adjacent to an activating group) is 1. The number of nitrogens with two attached hydrogens (primary N) is 1. The molecule has 0 spiro atoms. The fourth-order valence-electron chi connectivity index (χ4n) is 3.38. The second-order valence-corrected chi connectivity index (χ2v) is 6.74. The van der Waals surface area contributed by atoms with Crippen molar-refractivity contribution >= 4 is 29.9 Å². The smallest absolute Gasteiger partial charge is 0.188 e. The van der Waals surface area contributed by atoms with Gasteiger partial charge >= 0.3 is 0 Å². The first-order chi connectivity index (χ1) is 14.1. The van der Waals surface area contributed by atoms with Crippen LogP contribution in [0.25, 0.3) is 0 Å². The van der Waals surface area contributed by atoms with Gasteiger partial charge in [0.1, 0.15) is 0 Å². The molecule has 0 saturated heterocycles. The second kappa shape index (κ2) is 14.1. The Morgan fingerprint density at radius 1 is 1.03 bits per heavy atom. The third-order valence-electron chi connectivity index (χ3n) is 5.04. The number of benzene rings is 2. The zero-order chi connectivity index (χ0) is 21.1. The Balaban J connectivity index is 0.00000450. The normalized spacial score (nSPS) is 12.2. The van der Waals surface area contributed by atoms with Gasteiger partial charge in [-0.05, 0) is 42.8 Å². The number of hydrogen-bond acceptors (Lipinski definition) is 4. The van der Waals surface area contributed by atoms with Crippen molar-refractivity contribution in [3.05, 3.63) is 59.7 Å². The highest BCUT2D eigenvalue weighted by molar-refractivity contribution is 14.0. The van der Waals surface area contributed by atoms with E-state index < -0.39 is 0 Å². The first kappa shape index (κ1) is 26.0. The first-order valence-corrected chi connectivity index (χ1v) is 10.2. The largest absolute Gasteiger partial charge is 0.493 e. The van der Waals surface area contributed by atoms with Gasteiger partial charge in [-0.25, -0.2) is 0 Å². The lowest BCUT2D eigenvalue weighted by molar-refractivity contribution is 0.224. The second-order valence-electron chi connectivity index (χ2n) is 6.74. The van der Waals surface area contributed by atoms with E-state index in [-0.39, 0.29) is 30.0 Å². The fourth-order valence-corrected chi connectivity index (χ4v) is 3.38. The quantitative estimate of drug-likeness (QED) is 0.265. The first-order valence-electron chi connectivity index (χ1n) is 10.2. The maximum atomic E-state index is 6.12. The van der Waals surface area contributed by atoms with Crippen LogP contribution in [0.1, 0.15) is 31.0 Å². The van der Waals surface area contributed by atoms with Crippen LogP contribution in [0.3, 0.4) is 0 Å². The number of nitrogens with one attached hydrogen (secondary N) is 1. The number of hydrogen-bond donors (Lipinski definition) is 2.